The van der Waals surface area contributed by atoms with Crippen LogP contribution in [0.15, 0.2) is 0 Å². The minimum Gasteiger partial charge on any atom is -0.390 e. The van der Waals surface area contributed by atoms with E-state index in [2.05, 4.69) is 27.7 Å². The van der Waals surface area contributed by atoms with E-state index >= 15 is 0 Å². The molecular weight excluding hydrogens is 148 g/mol. The highest BCUT2D eigenvalue weighted by molar-refractivity contribution is 4.95. The third-order valence-electron chi connectivity index (χ3n) is 3.02. The van der Waals surface area contributed by atoms with Gasteiger partial charge >= 0.3 is 0 Å². The zero-order chi connectivity index (χ0) is 9.35. The highest BCUT2D eigenvalue weighted by Crippen LogP contribution is 2.45. The van der Waals surface area contributed by atoms with Crippen molar-refractivity contribution in [1.29, 1.82) is 0 Å². The van der Waals surface area contributed by atoms with E-state index in [1.54, 1.807) is 0 Å². The number of aliphatic hydroxyl groups is 1. The van der Waals surface area contributed by atoms with Gasteiger partial charge < -0.3 is 5.11 Å². The van der Waals surface area contributed by atoms with E-state index in [0.29, 0.717) is 5.92 Å². The van der Waals surface area contributed by atoms with Gasteiger partial charge in [-0.1, -0.05) is 27.7 Å². The van der Waals surface area contributed by atoms with Crippen LogP contribution in [0.25, 0.3) is 0 Å². The van der Waals surface area contributed by atoms with Crippen LogP contribution < -0.4 is 0 Å². The standard InChI is InChI=1S/C11H22O/c1-8(2)5-11(12)6-10(7-11)9(3)4/h8-10,12H,5-7H2,1-4H3. The summed E-state index contributed by atoms with van der Waals surface area (Å²) >= 11 is 0. The fourth-order valence-electron chi connectivity index (χ4n) is 2.31. The summed E-state index contributed by atoms with van der Waals surface area (Å²) in [5.41, 5.74) is -0.302. The van der Waals surface area contributed by atoms with Crippen LogP contribution in [-0.4, -0.2) is 10.7 Å². The van der Waals surface area contributed by atoms with Gasteiger partial charge in [0.1, 0.15) is 0 Å². The molecule has 0 radical (unpaired) electrons. The minimum atomic E-state index is -0.302. The molecule has 1 saturated carbocycles. The van der Waals surface area contributed by atoms with Gasteiger partial charge in [0.25, 0.3) is 0 Å². The summed E-state index contributed by atoms with van der Waals surface area (Å²) in [5.74, 6) is 2.15. The molecule has 1 aliphatic carbocycles. The Morgan fingerprint density at radius 2 is 1.75 bits per heavy atom. The molecule has 0 bridgehead atoms. The van der Waals surface area contributed by atoms with Crippen molar-refractivity contribution in [3.05, 3.63) is 0 Å². The van der Waals surface area contributed by atoms with Crippen molar-refractivity contribution in [2.24, 2.45) is 17.8 Å². The lowest BCUT2D eigenvalue weighted by Crippen LogP contribution is -2.46. The third kappa shape index (κ3) is 2.22. The topological polar surface area (TPSA) is 20.2 Å². The van der Waals surface area contributed by atoms with Crippen molar-refractivity contribution >= 4 is 0 Å². The van der Waals surface area contributed by atoms with Crippen molar-refractivity contribution in [2.45, 2.75) is 52.6 Å². The molecule has 1 N–H and O–H groups in total. The molecule has 0 saturated heterocycles. The SMILES string of the molecule is CC(C)CC1(O)CC(C(C)C)C1. The van der Waals surface area contributed by atoms with Gasteiger partial charge in [-0.3, -0.25) is 0 Å². The number of hydrogen-bond acceptors (Lipinski definition) is 1. The van der Waals surface area contributed by atoms with Gasteiger partial charge in [-0.05, 0) is 37.0 Å². The van der Waals surface area contributed by atoms with Crippen LogP contribution in [0.4, 0.5) is 0 Å². The molecule has 1 heteroatoms. The van der Waals surface area contributed by atoms with Crippen LogP contribution in [0.5, 0.6) is 0 Å². The molecule has 1 nitrogen and oxygen atoms in total. The zero-order valence-electron chi connectivity index (χ0n) is 8.80. The maximum Gasteiger partial charge on any atom is 0.0655 e. The first-order valence-corrected chi connectivity index (χ1v) is 5.15. The Bertz CT molecular complexity index is 143. The second-order valence-corrected chi connectivity index (χ2v) is 5.23. The molecule has 0 aromatic rings. The van der Waals surface area contributed by atoms with Gasteiger partial charge in [-0.15, -0.1) is 0 Å². The molecule has 0 heterocycles. The molecular formula is C11H22O. The highest BCUT2D eigenvalue weighted by Gasteiger charge is 2.43. The van der Waals surface area contributed by atoms with E-state index in [1.807, 2.05) is 0 Å². The monoisotopic (exact) mass is 170 g/mol. The Balaban J connectivity index is 2.30. The Morgan fingerprint density at radius 1 is 1.25 bits per heavy atom. The molecule has 1 fully saturated rings. The maximum absolute atomic E-state index is 10.00. The van der Waals surface area contributed by atoms with E-state index in [4.69, 9.17) is 0 Å². The van der Waals surface area contributed by atoms with Crippen molar-refractivity contribution in [1.82, 2.24) is 0 Å². The van der Waals surface area contributed by atoms with Gasteiger partial charge in [0, 0.05) is 0 Å². The Kier molecular flexibility index (Phi) is 2.82. The van der Waals surface area contributed by atoms with E-state index in [9.17, 15) is 5.11 Å². The summed E-state index contributed by atoms with van der Waals surface area (Å²) in [4.78, 5) is 0. The Morgan fingerprint density at radius 3 is 2.08 bits per heavy atom. The van der Waals surface area contributed by atoms with Crippen molar-refractivity contribution in [3.63, 3.8) is 0 Å². The normalized spacial score (nSPS) is 35.8. The summed E-state index contributed by atoms with van der Waals surface area (Å²) in [7, 11) is 0. The molecule has 0 unspecified atom stereocenters. The molecule has 12 heavy (non-hydrogen) atoms. The fraction of sp³-hybridized carbons (Fsp3) is 1.00. The Hall–Kier alpha value is -0.0400. The van der Waals surface area contributed by atoms with Crippen molar-refractivity contribution in [2.75, 3.05) is 0 Å². The van der Waals surface area contributed by atoms with Gasteiger partial charge in [0.2, 0.25) is 0 Å². The molecule has 0 amide bonds. The first-order valence-electron chi connectivity index (χ1n) is 5.15. The van der Waals surface area contributed by atoms with Crippen molar-refractivity contribution in [3.8, 4) is 0 Å². The Labute approximate surface area is 76.2 Å². The fourth-order valence-corrected chi connectivity index (χ4v) is 2.31. The zero-order valence-corrected chi connectivity index (χ0v) is 8.80. The second kappa shape index (κ2) is 3.37. The summed E-state index contributed by atoms with van der Waals surface area (Å²) in [5, 5.41) is 10.00. The van der Waals surface area contributed by atoms with E-state index in [1.165, 1.54) is 0 Å². The van der Waals surface area contributed by atoms with E-state index < -0.39 is 0 Å². The van der Waals surface area contributed by atoms with Crippen LogP contribution >= 0.6 is 0 Å². The molecule has 1 rings (SSSR count). The molecule has 0 aliphatic heterocycles. The van der Waals surface area contributed by atoms with Gasteiger partial charge in [0.15, 0.2) is 0 Å². The quantitative estimate of drug-likeness (QED) is 0.690. The summed E-state index contributed by atoms with van der Waals surface area (Å²) in [6, 6.07) is 0. The van der Waals surface area contributed by atoms with E-state index in [-0.39, 0.29) is 5.60 Å². The van der Waals surface area contributed by atoms with Crippen LogP contribution in [0.3, 0.4) is 0 Å². The molecule has 1 aliphatic rings. The second-order valence-electron chi connectivity index (χ2n) is 5.23. The smallest absolute Gasteiger partial charge is 0.0655 e. The predicted octanol–water partition coefficient (Wildman–Crippen LogP) is 2.83. The number of rotatable bonds is 3. The molecule has 0 aromatic carbocycles. The maximum atomic E-state index is 10.00. The number of hydrogen-bond donors (Lipinski definition) is 1. The average Bonchev–Trinajstić information content (AvgIpc) is 1.80. The van der Waals surface area contributed by atoms with Crippen LogP contribution in [0.1, 0.15) is 47.0 Å². The van der Waals surface area contributed by atoms with E-state index in [0.717, 1.165) is 31.1 Å². The lowest BCUT2D eigenvalue weighted by Gasteiger charge is -2.46. The summed E-state index contributed by atoms with van der Waals surface area (Å²) in [6.45, 7) is 8.86. The first-order chi connectivity index (χ1) is 5.43. The molecule has 0 aromatic heterocycles. The average molecular weight is 170 g/mol. The van der Waals surface area contributed by atoms with Crippen LogP contribution in [0.2, 0.25) is 0 Å². The van der Waals surface area contributed by atoms with Crippen LogP contribution in [0, 0.1) is 17.8 Å². The largest absolute Gasteiger partial charge is 0.390 e. The molecule has 72 valence electrons. The van der Waals surface area contributed by atoms with Crippen molar-refractivity contribution < 1.29 is 5.11 Å². The third-order valence-corrected chi connectivity index (χ3v) is 3.02. The molecule has 0 spiro atoms. The lowest BCUT2D eigenvalue weighted by molar-refractivity contribution is -0.0994. The molecule has 0 atom stereocenters. The van der Waals surface area contributed by atoms with Crippen LogP contribution in [-0.2, 0) is 0 Å². The van der Waals surface area contributed by atoms with Gasteiger partial charge in [-0.2, -0.15) is 0 Å². The highest BCUT2D eigenvalue weighted by atomic mass is 16.3. The van der Waals surface area contributed by atoms with Gasteiger partial charge in [0.05, 0.1) is 5.60 Å². The first kappa shape index (κ1) is 10.0. The van der Waals surface area contributed by atoms with Gasteiger partial charge in [-0.25, -0.2) is 0 Å². The summed E-state index contributed by atoms with van der Waals surface area (Å²) in [6.07, 6.45) is 3.04. The minimum absolute atomic E-state index is 0.302. The summed E-state index contributed by atoms with van der Waals surface area (Å²) < 4.78 is 0. The predicted molar refractivity (Wildman–Crippen MR) is 52.0 cm³/mol. The lowest BCUT2D eigenvalue weighted by atomic mass is 9.64.